The fourth-order valence-electron chi connectivity index (χ4n) is 3.15. The average Bonchev–Trinajstić information content (AvgIpc) is 2.93. The van der Waals surface area contributed by atoms with E-state index in [0.29, 0.717) is 34.5 Å². The van der Waals surface area contributed by atoms with Gasteiger partial charge in [-0.2, -0.15) is 0 Å². The van der Waals surface area contributed by atoms with Gasteiger partial charge < -0.3 is 19.5 Å². The van der Waals surface area contributed by atoms with E-state index in [-0.39, 0.29) is 5.91 Å². The summed E-state index contributed by atoms with van der Waals surface area (Å²) in [4.78, 5) is 27.2. The zero-order chi connectivity index (χ0) is 22.7. The van der Waals surface area contributed by atoms with Gasteiger partial charge in [0.05, 0.1) is 12.3 Å². The van der Waals surface area contributed by atoms with E-state index in [1.54, 1.807) is 36.2 Å². The number of carbonyl (C=O) groups excluding carboxylic acids is 1. The van der Waals surface area contributed by atoms with Crippen molar-refractivity contribution in [2.24, 2.45) is 0 Å². The molecule has 2 aromatic rings. The molecule has 162 valence electrons. The highest BCUT2D eigenvalue weighted by Gasteiger charge is 2.36. The number of amides is 1. The first-order valence-corrected chi connectivity index (χ1v) is 10.2. The van der Waals surface area contributed by atoms with Gasteiger partial charge in [-0.1, -0.05) is 12.1 Å². The van der Waals surface area contributed by atoms with Crippen LogP contribution in [0.2, 0.25) is 0 Å². The first-order valence-electron chi connectivity index (χ1n) is 9.75. The fraction of sp³-hybridized carbons (Fsp3) is 0.261. The lowest BCUT2D eigenvalue weighted by atomic mass is 10.1. The van der Waals surface area contributed by atoms with Gasteiger partial charge in [-0.05, 0) is 80.0 Å². The summed E-state index contributed by atoms with van der Waals surface area (Å²) >= 11 is 5.53. The van der Waals surface area contributed by atoms with Crippen molar-refractivity contribution in [3.8, 4) is 11.5 Å². The number of ether oxygens (including phenoxy) is 2. The van der Waals surface area contributed by atoms with Gasteiger partial charge in [0.15, 0.2) is 23.2 Å². The molecule has 2 aromatic carbocycles. The quantitative estimate of drug-likeness (QED) is 0.519. The van der Waals surface area contributed by atoms with Crippen LogP contribution < -0.4 is 14.4 Å². The van der Waals surface area contributed by atoms with Gasteiger partial charge in [-0.3, -0.25) is 9.69 Å². The van der Waals surface area contributed by atoms with E-state index in [1.165, 1.54) is 4.90 Å². The number of thiocarbonyl (C=S) groups is 1. The van der Waals surface area contributed by atoms with Gasteiger partial charge in [-0.15, -0.1) is 0 Å². The van der Waals surface area contributed by atoms with E-state index in [4.69, 9.17) is 26.8 Å². The molecule has 1 N–H and O–H groups in total. The normalized spacial score (nSPS) is 15.0. The van der Waals surface area contributed by atoms with Crippen LogP contribution >= 0.6 is 12.2 Å². The summed E-state index contributed by atoms with van der Waals surface area (Å²) in [6.45, 7) is 5.74. The average molecular weight is 441 g/mol. The van der Waals surface area contributed by atoms with Gasteiger partial charge in [-0.25, -0.2) is 4.79 Å². The number of aliphatic carboxylic acids is 1. The zero-order valence-corrected chi connectivity index (χ0v) is 18.7. The van der Waals surface area contributed by atoms with Crippen LogP contribution in [0.25, 0.3) is 6.08 Å². The second-order valence-electron chi connectivity index (χ2n) is 7.10. The maximum Gasteiger partial charge on any atom is 0.341 e. The molecular formula is C23H24N2O5S. The molecule has 0 saturated carbocycles. The van der Waals surface area contributed by atoms with Crippen LogP contribution in [0, 0.1) is 13.8 Å². The Morgan fingerprint density at radius 1 is 1.10 bits per heavy atom. The summed E-state index contributed by atoms with van der Waals surface area (Å²) < 4.78 is 10.9. The van der Waals surface area contributed by atoms with Gasteiger partial charge in [0.2, 0.25) is 0 Å². The summed E-state index contributed by atoms with van der Waals surface area (Å²) in [6, 6.07) is 10.8. The number of anilines is 1. The molecule has 0 bridgehead atoms. The van der Waals surface area contributed by atoms with Crippen LogP contribution in [-0.2, 0) is 9.59 Å². The van der Waals surface area contributed by atoms with Crippen LogP contribution in [0.15, 0.2) is 42.1 Å². The summed E-state index contributed by atoms with van der Waals surface area (Å²) in [5.74, 6) is -0.573. The number of carboxylic acids is 1. The maximum atomic E-state index is 13.2. The predicted molar refractivity (Wildman–Crippen MR) is 122 cm³/mol. The minimum Gasteiger partial charge on any atom is -0.490 e. The van der Waals surface area contributed by atoms with E-state index < -0.39 is 12.6 Å². The second-order valence-corrected chi connectivity index (χ2v) is 7.47. The molecule has 31 heavy (non-hydrogen) atoms. The number of benzene rings is 2. The Bertz CT molecular complexity index is 1080. The lowest BCUT2D eigenvalue weighted by Gasteiger charge is -2.17. The Balaban J connectivity index is 1.94. The van der Waals surface area contributed by atoms with Gasteiger partial charge in [0, 0.05) is 7.05 Å². The Labute approximate surface area is 186 Å². The fourth-order valence-corrected chi connectivity index (χ4v) is 3.43. The lowest BCUT2D eigenvalue weighted by molar-refractivity contribution is -0.139. The van der Waals surface area contributed by atoms with Crippen molar-refractivity contribution in [1.82, 2.24) is 4.90 Å². The molecule has 7 nitrogen and oxygen atoms in total. The summed E-state index contributed by atoms with van der Waals surface area (Å²) in [6.07, 6.45) is 1.72. The van der Waals surface area contributed by atoms with E-state index >= 15 is 0 Å². The van der Waals surface area contributed by atoms with Crippen molar-refractivity contribution in [2.45, 2.75) is 20.8 Å². The van der Waals surface area contributed by atoms with Crippen LogP contribution in [-0.4, -0.2) is 47.3 Å². The van der Waals surface area contributed by atoms with Crippen LogP contribution in [0.3, 0.4) is 0 Å². The van der Waals surface area contributed by atoms with Crippen molar-refractivity contribution in [3.05, 3.63) is 58.8 Å². The van der Waals surface area contributed by atoms with Crippen molar-refractivity contribution in [3.63, 3.8) is 0 Å². The standard InChI is InChI=1S/C23H24N2O5S/c1-5-29-20-12-16(7-9-19(20)30-13-21(26)27)11-18-22(28)25(23(31)24(18)4)17-8-6-14(2)15(3)10-17/h6-12H,5,13H2,1-4H3,(H,26,27). The summed E-state index contributed by atoms with van der Waals surface area (Å²) in [5, 5.41) is 9.23. The van der Waals surface area contributed by atoms with E-state index in [9.17, 15) is 9.59 Å². The molecule has 1 aliphatic rings. The molecule has 8 heteroatoms. The van der Waals surface area contributed by atoms with Gasteiger partial charge in [0.25, 0.3) is 5.91 Å². The van der Waals surface area contributed by atoms with Gasteiger partial charge >= 0.3 is 5.97 Å². The first-order chi connectivity index (χ1) is 14.7. The minimum absolute atomic E-state index is 0.222. The zero-order valence-electron chi connectivity index (χ0n) is 17.8. The van der Waals surface area contributed by atoms with Crippen molar-refractivity contribution < 1.29 is 24.2 Å². The Hall–Kier alpha value is -3.39. The molecule has 0 unspecified atom stereocenters. The van der Waals surface area contributed by atoms with Crippen molar-refractivity contribution >= 4 is 41.0 Å². The first kappa shape index (κ1) is 22.3. The molecule has 1 amide bonds. The molecular weight excluding hydrogens is 416 g/mol. The number of hydrogen-bond acceptors (Lipinski definition) is 5. The lowest BCUT2D eigenvalue weighted by Crippen LogP contribution is -2.31. The third-order valence-corrected chi connectivity index (χ3v) is 5.39. The third kappa shape index (κ3) is 4.69. The van der Waals surface area contributed by atoms with Crippen molar-refractivity contribution in [1.29, 1.82) is 0 Å². The number of likely N-dealkylation sites (N-methyl/N-ethyl adjacent to an activating group) is 1. The highest BCUT2D eigenvalue weighted by atomic mass is 32.1. The molecule has 1 heterocycles. The monoisotopic (exact) mass is 440 g/mol. The minimum atomic E-state index is -1.08. The Morgan fingerprint density at radius 2 is 1.84 bits per heavy atom. The van der Waals surface area contributed by atoms with E-state index in [2.05, 4.69) is 0 Å². The topological polar surface area (TPSA) is 79.3 Å². The number of hydrogen-bond donors (Lipinski definition) is 1. The molecule has 0 spiro atoms. The Kier molecular flexibility index (Phi) is 6.60. The molecule has 0 aliphatic carbocycles. The van der Waals surface area contributed by atoms with E-state index in [1.807, 2.05) is 39.0 Å². The number of carboxylic acid groups (broad SMARTS) is 1. The van der Waals surface area contributed by atoms with Crippen molar-refractivity contribution in [2.75, 3.05) is 25.2 Å². The number of nitrogens with zero attached hydrogens (tertiary/aromatic N) is 2. The number of carbonyl (C=O) groups is 2. The second kappa shape index (κ2) is 9.18. The summed E-state index contributed by atoms with van der Waals surface area (Å²) in [7, 11) is 1.75. The SMILES string of the molecule is CCOc1cc(C=C2C(=O)N(c3ccc(C)c(C)c3)C(=S)N2C)ccc1OCC(=O)O. The molecule has 0 atom stereocenters. The number of aryl methyl sites for hydroxylation is 2. The maximum absolute atomic E-state index is 13.2. The highest BCUT2D eigenvalue weighted by molar-refractivity contribution is 7.80. The van der Waals surface area contributed by atoms with Crippen LogP contribution in [0.1, 0.15) is 23.6 Å². The largest absolute Gasteiger partial charge is 0.490 e. The van der Waals surface area contributed by atoms with Gasteiger partial charge in [0.1, 0.15) is 5.70 Å². The molecule has 1 aliphatic heterocycles. The molecule has 3 rings (SSSR count). The third-order valence-electron chi connectivity index (χ3n) is 4.93. The van der Waals surface area contributed by atoms with E-state index in [0.717, 1.165) is 16.8 Å². The van der Waals surface area contributed by atoms with Crippen LogP contribution in [0.4, 0.5) is 5.69 Å². The molecule has 0 aromatic heterocycles. The van der Waals surface area contributed by atoms with Crippen LogP contribution in [0.5, 0.6) is 11.5 Å². The summed E-state index contributed by atoms with van der Waals surface area (Å²) in [5.41, 5.74) is 4.06. The predicted octanol–water partition coefficient (Wildman–Crippen LogP) is 3.77. The Morgan fingerprint density at radius 3 is 2.48 bits per heavy atom. The highest BCUT2D eigenvalue weighted by Crippen LogP contribution is 2.32. The molecule has 1 saturated heterocycles. The number of rotatable bonds is 7. The molecule has 0 radical (unpaired) electrons. The molecule has 1 fully saturated rings. The smallest absolute Gasteiger partial charge is 0.341 e.